The zero-order valence-corrected chi connectivity index (χ0v) is 15.9. The number of aryl methyl sites for hydroxylation is 1. The zero-order chi connectivity index (χ0) is 17.9. The lowest BCUT2D eigenvalue weighted by Crippen LogP contribution is -2.39. The van der Waals surface area contributed by atoms with Gasteiger partial charge in [0.05, 0.1) is 7.11 Å². The van der Waals surface area contributed by atoms with Gasteiger partial charge in [-0.2, -0.15) is 0 Å². The van der Waals surface area contributed by atoms with E-state index in [1.165, 1.54) is 42.6 Å². The summed E-state index contributed by atoms with van der Waals surface area (Å²) in [7, 11) is 1.70. The fourth-order valence-electron chi connectivity index (χ4n) is 3.65. The largest absolute Gasteiger partial charge is 0.497 e. The first-order valence-electron chi connectivity index (χ1n) is 9.23. The van der Waals surface area contributed by atoms with Crippen LogP contribution >= 0.6 is 0 Å². The highest BCUT2D eigenvalue weighted by Crippen LogP contribution is 2.31. The van der Waals surface area contributed by atoms with Crippen molar-refractivity contribution >= 4 is 5.69 Å². The van der Waals surface area contributed by atoms with Gasteiger partial charge in [-0.05, 0) is 81.6 Å². The lowest BCUT2D eigenvalue weighted by molar-refractivity contribution is 0.155. The van der Waals surface area contributed by atoms with Gasteiger partial charge in [0, 0.05) is 17.8 Å². The first-order valence-corrected chi connectivity index (χ1v) is 9.23. The van der Waals surface area contributed by atoms with Crippen LogP contribution in [0, 0.1) is 6.92 Å². The fraction of sp³-hybridized carbons (Fsp3) is 0.455. The van der Waals surface area contributed by atoms with Crippen LogP contribution in [-0.2, 0) is 12.1 Å². The van der Waals surface area contributed by atoms with E-state index in [4.69, 9.17) is 4.74 Å². The summed E-state index contributed by atoms with van der Waals surface area (Å²) < 4.78 is 5.27. The van der Waals surface area contributed by atoms with Gasteiger partial charge in [-0.15, -0.1) is 0 Å². The fourth-order valence-corrected chi connectivity index (χ4v) is 3.65. The van der Waals surface area contributed by atoms with Gasteiger partial charge in [0.2, 0.25) is 0 Å². The molecular weight excluding hydrogens is 308 g/mol. The minimum absolute atomic E-state index is 0.120. The molecule has 0 aliphatic carbocycles. The molecule has 1 fully saturated rings. The van der Waals surface area contributed by atoms with Gasteiger partial charge in [0.15, 0.2) is 0 Å². The molecule has 3 nitrogen and oxygen atoms in total. The number of rotatable bonds is 6. The highest BCUT2D eigenvalue weighted by Gasteiger charge is 2.30. The SMILES string of the molecule is COc1ccc(NCc2ccc(C(C)(C)N3CCCC3)cc2)c(C)c1. The first-order chi connectivity index (χ1) is 12.0. The molecule has 25 heavy (non-hydrogen) atoms. The van der Waals surface area contributed by atoms with E-state index in [1.54, 1.807) is 7.11 Å². The number of methoxy groups -OCH3 is 1. The van der Waals surface area contributed by atoms with Crippen LogP contribution in [0.3, 0.4) is 0 Å². The lowest BCUT2D eigenvalue weighted by Gasteiger charge is -2.36. The number of likely N-dealkylation sites (tertiary alicyclic amines) is 1. The summed E-state index contributed by atoms with van der Waals surface area (Å²) in [4.78, 5) is 2.60. The van der Waals surface area contributed by atoms with Gasteiger partial charge in [-0.1, -0.05) is 24.3 Å². The molecule has 0 aromatic heterocycles. The summed E-state index contributed by atoms with van der Waals surface area (Å²) in [5.41, 5.74) is 5.18. The minimum Gasteiger partial charge on any atom is -0.497 e. The molecule has 2 aromatic carbocycles. The maximum atomic E-state index is 5.27. The van der Waals surface area contributed by atoms with Gasteiger partial charge in [0.25, 0.3) is 0 Å². The summed E-state index contributed by atoms with van der Waals surface area (Å²) >= 11 is 0. The van der Waals surface area contributed by atoms with E-state index < -0.39 is 0 Å². The van der Waals surface area contributed by atoms with Gasteiger partial charge in [0.1, 0.15) is 5.75 Å². The van der Waals surface area contributed by atoms with E-state index in [9.17, 15) is 0 Å². The molecule has 3 heteroatoms. The number of anilines is 1. The van der Waals surface area contributed by atoms with Crippen LogP contribution in [-0.4, -0.2) is 25.1 Å². The van der Waals surface area contributed by atoms with Crippen molar-refractivity contribution < 1.29 is 4.74 Å². The number of hydrogen-bond acceptors (Lipinski definition) is 3. The van der Waals surface area contributed by atoms with Crippen molar-refractivity contribution in [1.82, 2.24) is 4.90 Å². The van der Waals surface area contributed by atoms with E-state index in [0.29, 0.717) is 0 Å². The molecular formula is C22H30N2O. The number of nitrogens with one attached hydrogen (secondary N) is 1. The Kier molecular flexibility index (Phi) is 5.33. The molecule has 0 saturated carbocycles. The predicted molar refractivity (Wildman–Crippen MR) is 105 cm³/mol. The number of hydrogen-bond donors (Lipinski definition) is 1. The topological polar surface area (TPSA) is 24.5 Å². The van der Waals surface area contributed by atoms with Crippen LogP contribution in [0.5, 0.6) is 5.75 Å². The second kappa shape index (κ2) is 7.49. The van der Waals surface area contributed by atoms with Crippen LogP contribution in [0.15, 0.2) is 42.5 Å². The molecule has 0 bridgehead atoms. The summed E-state index contributed by atoms with van der Waals surface area (Å²) in [6.45, 7) is 10.0. The highest BCUT2D eigenvalue weighted by atomic mass is 16.5. The summed E-state index contributed by atoms with van der Waals surface area (Å²) in [5, 5.41) is 3.53. The van der Waals surface area contributed by atoms with E-state index >= 15 is 0 Å². The molecule has 2 aromatic rings. The third-order valence-corrected chi connectivity index (χ3v) is 5.47. The molecule has 3 rings (SSSR count). The van der Waals surface area contributed by atoms with Gasteiger partial charge >= 0.3 is 0 Å². The predicted octanol–water partition coefficient (Wildman–Crippen LogP) is 4.95. The molecule has 1 heterocycles. The standard InChI is InChI=1S/C22H30N2O/c1-17-15-20(25-4)11-12-21(17)23-16-18-7-9-19(10-8-18)22(2,3)24-13-5-6-14-24/h7-12,15,23H,5-6,13-14,16H2,1-4H3. The van der Waals surface area contributed by atoms with E-state index in [0.717, 1.165) is 18.0 Å². The molecule has 1 saturated heterocycles. The Labute approximate surface area is 152 Å². The quantitative estimate of drug-likeness (QED) is 0.807. The second-order valence-electron chi connectivity index (χ2n) is 7.48. The van der Waals surface area contributed by atoms with Crippen LogP contribution in [0.1, 0.15) is 43.4 Å². The molecule has 1 aliphatic rings. The third kappa shape index (κ3) is 3.98. The monoisotopic (exact) mass is 338 g/mol. The van der Waals surface area contributed by atoms with Crippen molar-refractivity contribution in [2.75, 3.05) is 25.5 Å². The lowest BCUT2D eigenvalue weighted by atomic mass is 9.92. The average molecular weight is 338 g/mol. The Balaban J connectivity index is 1.65. The third-order valence-electron chi connectivity index (χ3n) is 5.47. The summed E-state index contributed by atoms with van der Waals surface area (Å²) in [5.74, 6) is 0.900. The van der Waals surface area contributed by atoms with Gasteiger partial charge in [-0.25, -0.2) is 0 Å². The zero-order valence-electron chi connectivity index (χ0n) is 15.9. The van der Waals surface area contributed by atoms with Crippen molar-refractivity contribution in [3.63, 3.8) is 0 Å². The van der Waals surface area contributed by atoms with Gasteiger partial charge in [-0.3, -0.25) is 4.90 Å². The number of benzene rings is 2. The number of ether oxygens (including phenoxy) is 1. The second-order valence-corrected chi connectivity index (χ2v) is 7.48. The van der Waals surface area contributed by atoms with Crippen LogP contribution in [0.4, 0.5) is 5.69 Å². The highest BCUT2D eigenvalue weighted by molar-refractivity contribution is 5.53. The van der Waals surface area contributed by atoms with Crippen molar-refractivity contribution in [1.29, 1.82) is 0 Å². The molecule has 0 radical (unpaired) electrons. The van der Waals surface area contributed by atoms with Gasteiger partial charge < -0.3 is 10.1 Å². The number of nitrogens with zero attached hydrogens (tertiary/aromatic N) is 1. The van der Waals surface area contributed by atoms with E-state index in [-0.39, 0.29) is 5.54 Å². The molecule has 1 N–H and O–H groups in total. The molecule has 0 atom stereocenters. The van der Waals surface area contributed by atoms with E-state index in [1.807, 2.05) is 6.07 Å². The summed E-state index contributed by atoms with van der Waals surface area (Å²) in [6, 6.07) is 15.2. The van der Waals surface area contributed by atoms with Crippen molar-refractivity contribution in [3.05, 3.63) is 59.2 Å². The van der Waals surface area contributed by atoms with Crippen molar-refractivity contribution in [2.45, 2.75) is 45.7 Å². The smallest absolute Gasteiger partial charge is 0.119 e. The Hall–Kier alpha value is -2.00. The maximum Gasteiger partial charge on any atom is 0.119 e. The van der Waals surface area contributed by atoms with Crippen molar-refractivity contribution in [2.24, 2.45) is 0 Å². The summed E-state index contributed by atoms with van der Waals surface area (Å²) in [6.07, 6.45) is 2.65. The molecule has 1 aliphatic heterocycles. The van der Waals surface area contributed by atoms with E-state index in [2.05, 4.69) is 67.4 Å². The Morgan fingerprint density at radius 1 is 1.04 bits per heavy atom. The Morgan fingerprint density at radius 2 is 1.72 bits per heavy atom. The molecule has 0 unspecified atom stereocenters. The normalized spacial score (nSPS) is 15.4. The molecule has 134 valence electrons. The van der Waals surface area contributed by atoms with Crippen LogP contribution in [0.2, 0.25) is 0 Å². The molecule has 0 spiro atoms. The minimum atomic E-state index is 0.120. The molecule has 0 amide bonds. The average Bonchev–Trinajstić information content (AvgIpc) is 3.16. The first kappa shape index (κ1) is 17.8. The maximum absolute atomic E-state index is 5.27. The van der Waals surface area contributed by atoms with Crippen molar-refractivity contribution in [3.8, 4) is 5.75 Å². The van der Waals surface area contributed by atoms with Crippen LogP contribution in [0.25, 0.3) is 0 Å². The van der Waals surface area contributed by atoms with Crippen LogP contribution < -0.4 is 10.1 Å². The Bertz CT molecular complexity index is 700. The Morgan fingerprint density at radius 3 is 2.32 bits per heavy atom.